The quantitative estimate of drug-likeness (QED) is 0.653. The number of amides is 1. The third-order valence-electron chi connectivity index (χ3n) is 5.14. The third-order valence-corrected chi connectivity index (χ3v) is 5.14. The molecule has 3 aromatic rings. The Morgan fingerprint density at radius 1 is 1.13 bits per heavy atom. The zero-order chi connectivity index (χ0) is 21.3. The second-order valence-corrected chi connectivity index (χ2v) is 7.58. The van der Waals surface area contributed by atoms with Gasteiger partial charge in [-0.3, -0.25) is 4.79 Å². The molecule has 1 unspecified atom stereocenters. The minimum absolute atomic E-state index is 0.0832. The van der Waals surface area contributed by atoms with Crippen molar-refractivity contribution in [2.75, 3.05) is 29.2 Å². The summed E-state index contributed by atoms with van der Waals surface area (Å²) in [5.41, 5.74) is 9.11. The molecule has 154 valence electrons. The van der Waals surface area contributed by atoms with Gasteiger partial charge in [0.15, 0.2) is 0 Å². The van der Waals surface area contributed by atoms with Gasteiger partial charge in [0, 0.05) is 37.9 Å². The largest absolute Gasteiger partial charge is 0.366 e. The van der Waals surface area contributed by atoms with Crippen LogP contribution >= 0.6 is 0 Å². The fourth-order valence-electron chi connectivity index (χ4n) is 3.69. The van der Waals surface area contributed by atoms with E-state index in [2.05, 4.69) is 27.2 Å². The van der Waals surface area contributed by atoms with Crippen LogP contribution < -0.4 is 20.9 Å². The van der Waals surface area contributed by atoms with Crippen molar-refractivity contribution in [3.8, 4) is 0 Å². The zero-order valence-corrected chi connectivity index (χ0v) is 17.3. The molecule has 0 saturated heterocycles. The molecule has 3 N–H and O–H groups in total. The average molecular weight is 403 g/mol. The number of rotatable bonds is 6. The number of anilines is 4. The van der Waals surface area contributed by atoms with Gasteiger partial charge < -0.3 is 20.9 Å². The van der Waals surface area contributed by atoms with Gasteiger partial charge in [-0.15, -0.1) is 0 Å². The van der Waals surface area contributed by atoms with Crippen LogP contribution in [0.1, 0.15) is 28.4 Å². The Labute approximate surface area is 175 Å². The van der Waals surface area contributed by atoms with Crippen LogP contribution in [0.3, 0.4) is 0 Å². The van der Waals surface area contributed by atoms with Crippen molar-refractivity contribution >= 4 is 29.4 Å². The molecule has 0 bridgehead atoms. The van der Waals surface area contributed by atoms with Crippen molar-refractivity contribution < 1.29 is 4.79 Å². The average Bonchev–Trinajstić information content (AvgIpc) is 3.08. The van der Waals surface area contributed by atoms with E-state index in [1.807, 2.05) is 66.4 Å². The number of hydrogen-bond acceptors (Lipinski definition) is 7. The molecule has 1 aromatic heterocycles. The minimum Gasteiger partial charge on any atom is -0.366 e. The van der Waals surface area contributed by atoms with E-state index < -0.39 is 5.91 Å². The van der Waals surface area contributed by atoms with E-state index in [0.29, 0.717) is 36.4 Å². The molecule has 1 aliphatic rings. The first kappa shape index (κ1) is 19.6. The Bertz CT molecular complexity index is 1070. The lowest BCUT2D eigenvalue weighted by atomic mass is 10.0. The SMILES string of the molecule is CC1Cc2c(C(N)=O)cccc2N1c1nc(NCc2ccccc2)nc(N(C)C)n1. The van der Waals surface area contributed by atoms with Crippen molar-refractivity contribution in [1.29, 1.82) is 0 Å². The van der Waals surface area contributed by atoms with Crippen LogP contribution in [0.25, 0.3) is 0 Å². The summed E-state index contributed by atoms with van der Waals surface area (Å²) in [7, 11) is 3.79. The van der Waals surface area contributed by atoms with E-state index in [1.165, 1.54) is 0 Å². The van der Waals surface area contributed by atoms with Crippen molar-refractivity contribution in [3.63, 3.8) is 0 Å². The monoisotopic (exact) mass is 403 g/mol. The minimum atomic E-state index is -0.421. The maximum atomic E-state index is 11.9. The molecule has 30 heavy (non-hydrogen) atoms. The van der Waals surface area contributed by atoms with Gasteiger partial charge in [-0.05, 0) is 36.6 Å². The summed E-state index contributed by atoms with van der Waals surface area (Å²) in [4.78, 5) is 29.7. The van der Waals surface area contributed by atoms with Gasteiger partial charge in [0.05, 0.1) is 0 Å². The molecule has 1 amide bonds. The van der Waals surface area contributed by atoms with Crippen molar-refractivity contribution in [2.24, 2.45) is 5.73 Å². The van der Waals surface area contributed by atoms with Gasteiger partial charge in [0.2, 0.25) is 23.8 Å². The highest BCUT2D eigenvalue weighted by Crippen LogP contribution is 2.38. The van der Waals surface area contributed by atoms with Gasteiger partial charge in [-0.25, -0.2) is 0 Å². The third kappa shape index (κ3) is 3.76. The Balaban J connectivity index is 1.71. The highest BCUT2D eigenvalue weighted by molar-refractivity contribution is 5.97. The summed E-state index contributed by atoms with van der Waals surface area (Å²) in [6, 6.07) is 15.7. The van der Waals surface area contributed by atoms with Gasteiger partial charge in [0.25, 0.3) is 0 Å². The highest BCUT2D eigenvalue weighted by Gasteiger charge is 2.32. The number of hydrogen-bond donors (Lipinski definition) is 2. The predicted octanol–water partition coefficient (Wildman–Crippen LogP) is 2.73. The van der Waals surface area contributed by atoms with Gasteiger partial charge in [-0.1, -0.05) is 36.4 Å². The molecule has 0 aliphatic carbocycles. The Morgan fingerprint density at radius 3 is 2.60 bits per heavy atom. The highest BCUT2D eigenvalue weighted by atomic mass is 16.1. The number of carbonyl (C=O) groups is 1. The summed E-state index contributed by atoms with van der Waals surface area (Å²) in [6.07, 6.45) is 0.699. The topological polar surface area (TPSA) is 100 Å². The normalized spacial score (nSPS) is 15.0. The summed E-state index contributed by atoms with van der Waals surface area (Å²) >= 11 is 0. The van der Waals surface area contributed by atoms with Crippen LogP contribution in [0.15, 0.2) is 48.5 Å². The Hall–Kier alpha value is -3.68. The predicted molar refractivity (Wildman–Crippen MR) is 118 cm³/mol. The maximum Gasteiger partial charge on any atom is 0.249 e. The first-order valence-electron chi connectivity index (χ1n) is 9.86. The van der Waals surface area contributed by atoms with Crippen LogP contribution in [-0.2, 0) is 13.0 Å². The summed E-state index contributed by atoms with van der Waals surface area (Å²) < 4.78 is 0. The molecule has 2 heterocycles. The number of nitrogens with two attached hydrogens (primary N) is 1. The van der Waals surface area contributed by atoms with Gasteiger partial charge in [0.1, 0.15) is 0 Å². The zero-order valence-electron chi connectivity index (χ0n) is 17.3. The van der Waals surface area contributed by atoms with Crippen molar-refractivity contribution in [3.05, 3.63) is 65.2 Å². The van der Waals surface area contributed by atoms with E-state index in [4.69, 9.17) is 5.73 Å². The van der Waals surface area contributed by atoms with E-state index in [9.17, 15) is 4.79 Å². The van der Waals surface area contributed by atoms with Crippen LogP contribution in [0.4, 0.5) is 23.5 Å². The van der Waals surface area contributed by atoms with Crippen LogP contribution in [0.5, 0.6) is 0 Å². The Kier molecular flexibility index (Phi) is 5.22. The molecule has 4 rings (SSSR count). The van der Waals surface area contributed by atoms with Crippen LogP contribution in [-0.4, -0.2) is 41.0 Å². The van der Waals surface area contributed by atoms with E-state index >= 15 is 0 Å². The Morgan fingerprint density at radius 2 is 1.90 bits per heavy atom. The fraction of sp³-hybridized carbons (Fsp3) is 0.273. The molecule has 8 heteroatoms. The number of primary amides is 1. The van der Waals surface area contributed by atoms with E-state index in [-0.39, 0.29) is 6.04 Å². The molecule has 0 radical (unpaired) electrons. The van der Waals surface area contributed by atoms with Gasteiger partial charge >= 0.3 is 0 Å². The molecule has 1 aliphatic heterocycles. The number of benzene rings is 2. The number of nitrogens with one attached hydrogen (secondary N) is 1. The summed E-state index contributed by atoms with van der Waals surface area (Å²) in [5, 5.41) is 3.30. The van der Waals surface area contributed by atoms with Crippen LogP contribution in [0.2, 0.25) is 0 Å². The molecule has 1 atom stereocenters. The summed E-state index contributed by atoms with van der Waals surface area (Å²) in [6.45, 7) is 2.69. The number of aromatic nitrogens is 3. The fourth-order valence-corrected chi connectivity index (χ4v) is 3.69. The van der Waals surface area contributed by atoms with Crippen molar-refractivity contribution in [1.82, 2.24) is 15.0 Å². The second-order valence-electron chi connectivity index (χ2n) is 7.58. The first-order chi connectivity index (χ1) is 14.4. The molecular weight excluding hydrogens is 378 g/mol. The number of fused-ring (bicyclic) bond motifs is 1. The van der Waals surface area contributed by atoms with Crippen LogP contribution in [0, 0.1) is 0 Å². The van der Waals surface area contributed by atoms with Crippen molar-refractivity contribution in [2.45, 2.75) is 25.9 Å². The number of nitrogens with zero attached hydrogens (tertiary/aromatic N) is 5. The first-order valence-corrected chi connectivity index (χ1v) is 9.86. The van der Waals surface area contributed by atoms with E-state index in [1.54, 1.807) is 6.07 Å². The standard InChI is InChI=1S/C22H25N7O/c1-14-12-17-16(19(23)30)10-7-11-18(17)29(14)22-26-20(25-21(27-22)28(2)3)24-13-15-8-5-4-6-9-15/h4-11,14H,12-13H2,1-3H3,(H2,23,30)(H,24,25,26,27). The molecule has 0 saturated carbocycles. The molecule has 0 fully saturated rings. The second kappa shape index (κ2) is 7.98. The van der Waals surface area contributed by atoms with E-state index in [0.717, 1.165) is 16.8 Å². The smallest absolute Gasteiger partial charge is 0.249 e. The lowest BCUT2D eigenvalue weighted by Gasteiger charge is -2.24. The molecular formula is C22H25N7O. The molecule has 0 spiro atoms. The lowest BCUT2D eigenvalue weighted by Crippen LogP contribution is -2.27. The van der Waals surface area contributed by atoms with Gasteiger partial charge in [-0.2, -0.15) is 15.0 Å². The number of carbonyl (C=O) groups excluding carboxylic acids is 1. The lowest BCUT2D eigenvalue weighted by molar-refractivity contribution is 0.0999. The molecule has 2 aromatic carbocycles. The summed E-state index contributed by atoms with van der Waals surface area (Å²) in [5.74, 6) is 1.18. The maximum absolute atomic E-state index is 11.9. The molecule has 8 nitrogen and oxygen atoms in total.